The Labute approximate surface area is 165 Å². The number of aliphatic carboxylic acids is 1. The predicted octanol–water partition coefficient (Wildman–Crippen LogP) is 5.16. The van der Waals surface area contributed by atoms with Crippen LogP contribution in [0.1, 0.15) is 24.0 Å². The van der Waals surface area contributed by atoms with Crippen LogP contribution in [0.4, 0.5) is 0 Å². The van der Waals surface area contributed by atoms with Crippen LogP contribution in [0.3, 0.4) is 0 Å². The van der Waals surface area contributed by atoms with E-state index in [1.807, 2.05) is 36.4 Å². The first kappa shape index (κ1) is 19.0. The minimum atomic E-state index is -0.833. The number of carbonyl (C=O) groups is 1. The minimum absolute atomic E-state index is 0.0103. The summed E-state index contributed by atoms with van der Waals surface area (Å²) in [5.41, 5.74) is 10.5. The minimum Gasteiger partial charge on any atom is -0.481 e. The summed E-state index contributed by atoms with van der Waals surface area (Å²) in [5.74, 6) is -0.833. The summed E-state index contributed by atoms with van der Waals surface area (Å²) in [5, 5.41) is 10.8. The topological polar surface area (TPSA) is 79.1 Å². The fourth-order valence-electron chi connectivity index (χ4n) is 3.20. The van der Waals surface area contributed by atoms with Crippen molar-refractivity contribution < 1.29 is 9.90 Å². The molecule has 4 nitrogen and oxygen atoms in total. The van der Waals surface area contributed by atoms with E-state index < -0.39 is 5.97 Å². The Balaban J connectivity index is 2.15. The Morgan fingerprint density at radius 1 is 1.19 bits per heavy atom. The quantitative estimate of drug-likeness (QED) is 0.448. The lowest BCUT2D eigenvalue weighted by atomic mass is 9.99. The first-order chi connectivity index (χ1) is 12.5. The lowest BCUT2D eigenvalue weighted by Crippen LogP contribution is -2.00. The van der Waals surface area contributed by atoms with Crippen molar-refractivity contribution >= 4 is 44.4 Å². The Morgan fingerprint density at radius 2 is 2.00 bits per heavy atom. The molecule has 0 aliphatic heterocycles. The molecule has 2 aromatic carbocycles. The molecule has 0 bridgehead atoms. The number of fused-ring (bicyclic) bond motifs is 1. The van der Waals surface area contributed by atoms with Crippen molar-refractivity contribution in [2.75, 3.05) is 6.54 Å². The van der Waals surface area contributed by atoms with Gasteiger partial charge >= 0.3 is 5.97 Å². The largest absolute Gasteiger partial charge is 0.481 e. The van der Waals surface area contributed by atoms with Crippen LogP contribution in [0.5, 0.6) is 0 Å². The molecular formula is C20H20BrClN2O2. The molecule has 0 saturated carbocycles. The second-order valence-corrected chi connectivity index (χ2v) is 7.62. The molecule has 0 amide bonds. The van der Waals surface area contributed by atoms with Crippen molar-refractivity contribution in [3.8, 4) is 11.3 Å². The maximum absolute atomic E-state index is 11.1. The van der Waals surface area contributed by atoms with Gasteiger partial charge in [-0.15, -0.1) is 0 Å². The fourth-order valence-corrected chi connectivity index (χ4v) is 3.78. The first-order valence-corrected chi connectivity index (χ1v) is 9.67. The molecule has 26 heavy (non-hydrogen) atoms. The van der Waals surface area contributed by atoms with E-state index in [2.05, 4.69) is 20.9 Å². The highest BCUT2D eigenvalue weighted by Crippen LogP contribution is 2.37. The number of benzene rings is 2. The molecule has 0 aliphatic carbocycles. The smallest absolute Gasteiger partial charge is 0.307 e. The molecule has 0 saturated heterocycles. The summed E-state index contributed by atoms with van der Waals surface area (Å²) in [6.45, 7) is 0.652. The van der Waals surface area contributed by atoms with Gasteiger partial charge in [-0.25, -0.2) is 0 Å². The van der Waals surface area contributed by atoms with Crippen molar-refractivity contribution in [1.82, 2.24) is 4.98 Å². The van der Waals surface area contributed by atoms with Crippen molar-refractivity contribution in [3.63, 3.8) is 0 Å². The number of nitrogens with one attached hydrogen (secondary N) is 1. The number of rotatable bonds is 7. The molecule has 0 atom stereocenters. The highest BCUT2D eigenvalue weighted by molar-refractivity contribution is 9.10. The number of aryl methyl sites for hydroxylation is 1. The van der Waals surface area contributed by atoms with E-state index in [4.69, 9.17) is 22.4 Å². The second kappa shape index (κ2) is 8.25. The van der Waals surface area contributed by atoms with Crippen LogP contribution in [-0.2, 0) is 17.6 Å². The summed E-state index contributed by atoms with van der Waals surface area (Å²) in [7, 11) is 0. The number of hydrogen-bond acceptors (Lipinski definition) is 2. The fraction of sp³-hybridized carbons (Fsp3) is 0.250. The van der Waals surface area contributed by atoms with Gasteiger partial charge in [0.15, 0.2) is 0 Å². The number of H-pyrrole nitrogens is 1. The molecule has 0 unspecified atom stereocenters. The van der Waals surface area contributed by atoms with E-state index >= 15 is 0 Å². The Bertz CT molecular complexity index is 952. The third-order valence-corrected chi connectivity index (χ3v) is 5.23. The Morgan fingerprint density at radius 3 is 2.73 bits per heavy atom. The molecule has 0 aliphatic rings. The third-order valence-electron chi connectivity index (χ3n) is 4.40. The van der Waals surface area contributed by atoms with E-state index in [0.29, 0.717) is 11.6 Å². The average Bonchev–Trinajstić information content (AvgIpc) is 2.95. The predicted molar refractivity (Wildman–Crippen MR) is 110 cm³/mol. The number of aromatic amines is 1. The summed E-state index contributed by atoms with van der Waals surface area (Å²) in [6.07, 6.45) is 2.76. The average molecular weight is 436 g/mol. The van der Waals surface area contributed by atoms with Crippen molar-refractivity contribution in [1.29, 1.82) is 0 Å². The summed E-state index contributed by atoms with van der Waals surface area (Å²) in [4.78, 5) is 14.5. The molecule has 3 aromatic rings. The van der Waals surface area contributed by atoms with Crippen LogP contribution in [0.15, 0.2) is 40.9 Å². The molecule has 3 rings (SSSR count). The molecule has 0 radical (unpaired) electrons. The Kier molecular flexibility index (Phi) is 6.01. The zero-order valence-corrected chi connectivity index (χ0v) is 16.5. The number of carboxylic acids is 1. The van der Waals surface area contributed by atoms with Gasteiger partial charge in [0.1, 0.15) is 0 Å². The summed E-state index contributed by atoms with van der Waals surface area (Å²) >= 11 is 9.96. The number of unbranched alkanes of at least 4 members (excludes halogenated alkanes) is 1. The van der Waals surface area contributed by atoms with E-state index in [0.717, 1.165) is 57.0 Å². The number of hydrogen-bond donors (Lipinski definition) is 3. The van der Waals surface area contributed by atoms with Crippen LogP contribution < -0.4 is 5.73 Å². The summed E-state index contributed by atoms with van der Waals surface area (Å²) < 4.78 is 0.954. The van der Waals surface area contributed by atoms with Crippen LogP contribution in [0.2, 0.25) is 5.02 Å². The van der Waals surface area contributed by atoms with Crippen molar-refractivity contribution in [3.05, 3.63) is 57.0 Å². The lowest BCUT2D eigenvalue weighted by Gasteiger charge is -2.08. The van der Waals surface area contributed by atoms with Crippen molar-refractivity contribution in [2.45, 2.75) is 25.7 Å². The van der Waals surface area contributed by atoms with Crippen LogP contribution in [0.25, 0.3) is 22.2 Å². The molecule has 4 N–H and O–H groups in total. The van der Waals surface area contributed by atoms with Gasteiger partial charge in [0, 0.05) is 26.0 Å². The van der Waals surface area contributed by atoms with Gasteiger partial charge in [-0.1, -0.05) is 33.6 Å². The van der Waals surface area contributed by atoms with Gasteiger partial charge in [-0.3, -0.25) is 4.79 Å². The molecular weight excluding hydrogens is 416 g/mol. The molecule has 6 heteroatoms. The van der Waals surface area contributed by atoms with Gasteiger partial charge in [-0.05, 0) is 67.3 Å². The van der Waals surface area contributed by atoms with E-state index in [-0.39, 0.29) is 6.42 Å². The maximum Gasteiger partial charge on any atom is 0.307 e. The normalized spacial score (nSPS) is 11.2. The number of halogens is 2. The first-order valence-electron chi connectivity index (χ1n) is 8.50. The maximum atomic E-state index is 11.1. The number of aromatic nitrogens is 1. The van der Waals surface area contributed by atoms with E-state index in [9.17, 15) is 4.79 Å². The van der Waals surface area contributed by atoms with Crippen LogP contribution in [0, 0.1) is 0 Å². The molecule has 0 spiro atoms. The monoisotopic (exact) mass is 434 g/mol. The van der Waals surface area contributed by atoms with Gasteiger partial charge in [-0.2, -0.15) is 0 Å². The third kappa shape index (κ3) is 4.11. The van der Waals surface area contributed by atoms with E-state index in [1.165, 1.54) is 0 Å². The van der Waals surface area contributed by atoms with Crippen LogP contribution in [-0.4, -0.2) is 22.6 Å². The second-order valence-electron chi connectivity index (χ2n) is 6.30. The van der Waals surface area contributed by atoms with Gasteiger partial charge < -0.3 is 15.8 Å². The van der Waals surface area contributed by atoms with Gasteiger partial charge in [0.05, 0.1) is 12.1 Å². The molecule has 0 fully saturated rings. The SMILES string of the molecule is NCCCCc1c(-c2cc(Br)ccc2Cl)[nH]c2ccc(CC(=O)O)cc12. The van der Waals surface area contributed by atoms with Crippen LogP contribution >= 0.6 is 27.5 Å². The number of carboxylic acid groups (broad SMARTS) is 1. The zero-order chi connectivity index (χ0) is 18.7. The zero-order valence-electron chi connectivity index (χ0n) is 14.2. The van der Waals surface area contributed by atoms with Crippen molar-refractivity contribution in [2.24, 2.45) is 5.73 Å². The molecule has 136 valence electrons. The Hall–Kier alpha value is -1.82. The highest BCUT2D eigenvalue weighted by Gasteiger charge is 2.16. The van der Waals surface area contributed by atoms with Gasteiger partial charge in [0.2, 0.25) is 0 Å². The summed E-state index contributed by atoms with van der Waals surface area (Å²) in [6, 6.07) is 11.5. The van der Waals surface area contributed by atoms with Gasteiger partial charge in [0.25, 0.3) is 0 Å². The molecule has 1 aromatic heterocycles. The lowest BCUT2D eigenvalue weighted by molar-refractivity contribution is -0.136. The molecule has 1 heterocycles. The number of nitrogens with two attached hydrogens (primary N) is 1. The van der Waals surface area contributed by atoms with E-state index in [1.54, 1.807) is 0 Å². The highest BCUT2D eigenvalue weighted by atomic mass is 79.9. The standard InChI is InChI=1S/C20H20BrClN2O2/c21-13-5-6-17(22)16(11-13)20-14(3-1-2-8-23)15-9-12(10-19(25)26)4-7-18(15)24-20/h4-7,9,11,24H,1-3,8,10,23H2,(H,25,26).